The highest BCUT2D eigenvalue weighted by Gasteiger charge is 2.27. The van der Waals surface area contributed by atoms with Crippen molar-refractivity contribution in [3.8, 4) is 22.5 Å². The van der Waals surface area contributed by atoms with Gasteiger partial charge < -0.3 is 9.15 Å². The summed E-state index contributed by atoms with van der Waals surface area (Å²) < 4.78 is 53.0. The SMILES string of the molecule is COCC(=O)c1c(-c2ccc(F)cc2)oc2cc(N(CCCCc3ccccc3)S(C)(=O)=O)c(-c3ccccc3)cc12. The molecular weight excluding hydrogens is 553 g/mol. The Kier molecular flexibility index (Phi) is 8.85. The van der Waals surface area contributed by atoms with Crippen molar-refractivity contribution < 1.29 is 26.8 Å². The normalized spacial score (nSPS) is 11.6. The molecule has 1 heterocycles. The van der Waals surface area contributed by atoms with Crippen molar-refractivity contribution in [2.24, 2.45) is 0 Å². The highest BCUT2D eigenvalue weighted by Crippen LogP contribution is 2.42. The van der Waals surface area contributed by atoms with Crippen LogP contribution in [0.4, 0.5) is 10.1 Å². The lowest BCUT2D eigenvalue weighted by Crippen LogP contribution is -2.31. The summed E-state index contributed by atoms with van der Waals surface area (Å²) in [6, 6.07) is 28.7. The summed E-state index contributed by atoms with van der Waals surface area (Å²) in [5, 5.41) is 0.525. The Balaban J connectivity index is 1.64. The molecule has 0 saturated carbocycles. The summed E-state index contributed by atoms with van der Waals surface area (Å²) in [5.41, 5.74) is 4.28. The third kappa shape index (κ3) is 6.45. The van der Waals surface area contributed by atoms with Crippen LogP contribution in [0.3, 0.4) is 0 Å². The van der Waals surface area contributed by atoms with Crippen LogP contribution >= 0.6 is 0 Å². The van der Waals surface area contributed by atoms with Crippen LogP contribution in [0, 0.1) is 5.82 Å². The zero-order chi connectivity index (χ0) is 29.7. The maximum Gasteiger partial charge on any atom is 0.232 e. The molecule has 0 aliphatic rings. The molecule has 0 bridgehead atoms. The fraction of sp³-hybridized carbons (Fsp3) is 0.206. The Morgan fingerprint density at radius 2 is 1.55 bits per heavy atom. The van der Waals surface area contributed by atoms with Gasteiger partial charge in [-0.15, -0.1) is 0 Å². The number of anilines is 1. The number of hydrogen-bond donors (Lipinski definition) is 0. The molecule has 6 nitrogen and oxygen atoms in total. The molecule has 0 N–H and O–H groups in total. The van der Waals surface area contributed by atoms with Gasteiger partial charge in [0, 0.05) is 36.2 Å². The molecular formula is C34H32FNO5S. The highest BCUT2D eigenvalue weighted by atomic mass is 32.2. The topological polar surface area (TPSA) is 76.8 Å². The van der Waals surface area contributed by atoms with E-state index >= 15 is 0 Å². The van der Waals surface area contributed by atoms with Crippen molar-refractivity contribution >= 4 is 32.5 Å². The lowest BCUT2D eigenvalue weighted by Gasteiger charge is -2.25. The number of halogens is 1. The van der Waals surface area contributed by atoms with Crippen molar-refractivity contribution in [1.29, 1.82) is 0 Å². The van der Waals surface area contributed by atoms with Crippen LogP contribution in [0.25, 0.3) is 33.4 Å². The number of unbranched alkanes of at least 4 members (excludes halogenated alkanes) is 1. The minimum Gasteiger partial charge on any atom is -0.455 e. The zero-order valence-corrected chi connectivity index (χ0v) is 24.4. The van der Waals surface area contributed by atoms with Crippen molar-refractivity contribution in [3.05, 3.63) is 114 Å². The smallest absolute Gasteiger partial charge is 0.232 e. The van der Waals surface area contributed by atoms with E-state index in [2.05, 4.69) is 12.1 Å². The molecule has 5 aromatic rings. The third-order valence-electron chi connectivity index (χ3n) is 7.14. The number of aryl methyl sites for hydroxylation is 1. The average molecular weight is 586 g/mol. The molecule has 42 heavy (non-hydrogen) atoms. The van der Waals surface area contributed by atoms with Crippen LogP contribution in [-0.2, 0) is 21.2 Å². The lowest BCUT2D eigenvalue weighted by atomic mass is 9.97. The van der Waals surface area contributed by atoms with Crippen molar-refractivity contribution in [2.45, 2.75) is 19.3 Å². The number of fused-ring (bicyclic) bond motifs is 1. The van der Waals surface area contributed by atoms with Gasteiger partial charge in [0.25, 0.3) is 0 Å². The van der Waals surface area contributed by atoms with Gasteiger partial charge in [-0.1, -0.05) is 60.7 Å². The van der Waals surface area contributed by atoms with E-state index in [0.717, 1.165) is 18.4 Å². The van der Waals surface area contributed by atoms with Crippen LogP contribution in [0.2, 0.25) is 0 Å². The number of ether oxygens (including phenoxy) is 1. The van der Waals surface area contributed by atoms with Crippen molar-refractivity contribution in [3.63, 3.8) is 0 Å². The first-order chi connectivity index (χ1) is 20.3. The first-order valence-corrected chi connectivity index (χ1v) is 15.6. The predicted molar refractivity (Wildman–Crippen MR) is 165 cm³/mol. The molecule has 5 rings (SSSR count). The third-order valence-corrected chi connectivity index (χ3v) is 8.32. The summed E-state index contributed by atoms with van der Waals surface area (Å²) in [5.74, 6) is -0.440. The van der Waals surface area contributed by atoms with E-state index in [1.54, 1.807) is 18.2 Å². The molecule has 4 aromatic carbocycles. The van der Waals surface area contributed by atoms with Crippen LogP contribution in [0.15, 0.2) is 101 Å². The molecule has 0 radical (unpaired) electrons. The molecule has 0 spiro atoms. The number of sulfonamides is 1. The van der Waals surface area contributed by atoms with Gasteiger partial charge >= 0.3 is 0 Å². The number of furan rings is 1. The van der Waals surface area contributed by atoms with Crippen LogP contribution in [0.1, 0.15) is 28.8 Å². The summed E-state index contributed by atoms with van der Waals surface area (Å²) >= 11 is 0. The molecule has 1 aromatic heterocycles. The Labute approximate surface area is 245 Å². The molecule has 8 heteroatoms. The van der Waals surface area contributed by atoms with E-state index in [1.807, 2.05) is 54.6 Å². The van der Waals surface area contributed by atoms with Gasteiger partial charge in [-0.3, -0.25) is 9.10 Å². The molecule has 0 aliphatic carbocycles. The van der Waals surface area contributed by atoms with Crippen LogP contribution < -0.4 is 4.31 Å². The van der Waals surface area contributed by atoms with Crippen LogP contribution in [0.5, 0.6) is 0 Å². The van der Waals surface area contributed by atoms with E-state index in [-0.39, 0.29) is 24.7 Å². The molecule has 0 fully saturated rings. The Morgan fingerprint density at radius 3 is 2.19 bits per heavy atom. The van der Waals surface area contributed by atoms with Gasteiger partial charge in [0.1, 0.15) is 23.8 Å². The van der Waals surface area contributed by atoms with Gasteiger partial charge in [0.15, 0.2) is 5.78 Å². The van der Waals surface area contributed by atoms with Crippen molar-refractivity contribution in [1.82, 2.24) is 0 Å². The lowest BCUT2D eigenvalue weighted by molar-refractivity contribution is 0.0849. The average Bonchev–Trinajstić information content (AvgIpc) is 3.36. The number of benzene rings is 4. The van der Waals surface area contributed by atoms with Crippen molar-refractivity contribution in [2.75, 3.05) is 30.8 Å². The minimum absolute atomic E-state index is 0.178. The monoisotopic (exact) mass is 585 g/mol. The number of carbonyl (C=O) groups is 1. The number of nitrogens with zero attached hydrogens (tertiary/aromatic N) is 1. The van der Waals surface area contributed by atoms with Gasteiger partial charge in [-0.05, 0) is 60.7 Å². The van der Waals surface area contributed by atoms with E-state index in [4.69, 9.17) is 9.15 Å². The highest BCUT2D eigenvalue weighted by molar-refractivity contribution is 7.92. The molecule has 0 atom stereocenters. The van der Waals surface area contributed by atoms with Gasteiger partial charge in [-0.25, -0.2) is 12.8 Å². The second kappa shape index (κ2) is 12.7. The zero-order valence-electron chi connectivity index (χ0n) is 23.5. The second-order valence-corrected chi connectivity index (χ2v) is 12.1. The fourth-order valence-corrected chi connectivity index (χ4v) is 6.14. The Morgan fingerprint density at radius 1 is 0.881 bits per heavy atom. The van der Waals surface area contributed by atoms with E-state index in [9.17, 15) is 17.6 Å². The summed E-state index contributed by atoms with van der Waals surface area (Å²) in [4.78, 5) is 13.3. The largest absolute Gasteiger partial charge is 0.455 e. The maximum absolute atomic E-state index is 13.7. The molecule has 0 saturated heterocycles. The molecule has 0 aliphatic heterocycles. The summed E-state index contributed by atoms with van der Waals surface area (Å²) in [7, 11) is -2.25. The number of ketones is 1. The minimum atomic E-state index is -3.68. The maximum atomic E-state index is 13.7. The summed E-state index contributed by atoms with van der Waals surface area (Å²) in [6.45, 7) is 0.0973. The summed E-state index contributed by atoms with van der Waals surface area (Å²) in [6.07, 6.45) is 3.49. The molecule has 0 unspecified atom stereocenters. The second-order valence-electron chi connectivity index (χ2n) is 10.2. The predicted octanol–water partition coefficient (Wildman–Crippen LogP) is 7.52. The standard InChI is InChI=1S/C34H32FNO5S/c1-40-23-31(37)33-29-21-28(25-14-7-4-8-15-25)30(22-32(29)41-34(33)26-16-18-27(35)19-17-26)36(42(2,38)39)20-10-9-13-24-11-5-3-6-12-24/h3-8,11-12,14-19,21-22H,9-10,13,20,23H2,1-2H3. The van der Waals surface area contributed by atoms with E-state index < -0.39 is 15.8 Å². The number of Topliss-reactive ketones (excluding diaryl/α,β-unsaturated/α-hetero) is 1. The number of methoxy groups -OCH3 is 1. The fourth-order valence-electron chi connectivity index (χ4n) is 5.17. The molecule has 0 amide bonds. The number of rotatable bonds is 12. The van der Waals surface area contributed by atoms with Gasteiger partial charge in [-0.2, -0.15) is 0 Å². The Bertz CT molecular complexity index is 1780. The first-order valence-electron chi connectivity index (χ1n) is 13.7. The van der Waals surface area contributed by atoms with Gasteiger partial charge in [0.2, 0.25) is 10.0 Å². The van der Waals surface area contributed by atoms with Gasteiger partial charge in [0.05, 0.1) is 17.5 Å². The number of hydrogen-bond acceptors (Lipinski definition) is 5. The quantitative estimate of drug-likeness (QED) is 0.112. The van der Waals surface area contributed by atoms with Crippen LogP contribution in [-0.4, -0.2) is 40.7 Å². The van der Waals surface area contributed by atoms with E-state index in [0.29, 0.717) is 39.8 Å². The first kappa shape index (κ1) is 29.2. The number of carbonyl (C=O) groups excluding carboxylic acids is 1. The van der Waals surface area contributed by atoms with E-state index in [1.165, 1.54) is 35.4 Å². The Hall–Kier alpha value is -4.27. The molecule has 216 valence electrons.